The Labute approximate surface area is 146 Å². The third-order valence-corrected chi connectivity index (χ3v) is 3.80. The molecule has 0 aliphatic rings. The van der Waals surface area contributed by atoms with Crippen LogP contribution in [0, 0.1) is 17.1 Å². The number of thioether (sulfide) groups is 1. The normalized spacial score (nSPS) is 10.5. The Morgan fingerprint density at radius 2 is 2.12 bits per heavy atom. The Kier molecular flexibility index (Phi) is 12.0. The molecule has 132 valence electrons. The fourth-order valence-electron chi connectivity index (χ4n) is 1.68. The van der Waals surface area contributed by atoms with Gasteiger partial charge in [-0.15, -0.1) is 0 Å². The van der Waals surface area contributed by atoms with E-state index in [0.717, 1.165) is 19.5 Å². The molecular formula is C16H23FN4O2S. The fourth-order valence-corrected chi connectivity index (χ4v) is 2.55. The van der Waals surface area contributed by atoms with E-state index in [4.69, 9.17) is 20.5 Å². The fraction of sp³-hybridized carbons (Fsp3) is 0.375. The number of benzene rings is 1. The molecular weight excluding hydrogens is 331 g/mol. The van der Waals surface area contributed by atoms with Crippen molar-refractivity contribution >= 4 is 18.2 Å². The van der Waals surface area contributed by atoms with Gasteiger partial charge in [0.1, 0.15) is 6.07 Å². The number of ether oxygens (including phenoxy) is 1. The molecule has 1 rings (SSSR count). The minimum atomic E-state index is -0.666. The van der Waals surface area contributed by atoms with E-state index in [-0.39, 0.29) is 17.7 Å². The molecule has 0 spiro atoms. The van der Waals surface area contributed by atoms with Crippen LogP contribution in [0.25, 0.3) is 0 Å². The Hall–Kier alpha value is -2.24. The van der Waals surface area contributed by atoms with Crippen molar-refractivity contribution in [1.29, 1.82) is 5.26 Å². The highest BCUT2D eigenvalue weighted by Crippen LogP contribution is 2.26. The third-order valence-electron chi connectivity index (χ3n) is 2.81. The van der Waals surface area contributed by atoms with E-state index in [2.05, 4.69) is 24.5 Å². The first kappa shape index (κ1) is 21.8. The van der Waals surface area contributed by atoms with Crippen LogP contribution in [0.2, 0.25) is 0 Å². The van der Waals surface area contributed by atoms with Crippen molar-refractivity contribution in [1.82, 2.24) is 4.90 Å². The first-order chi connectivity index (χ1) is 11.6. The highest BCUT2D eigenvalue weighted by Gasteiger charge is 2.12. The minimum Gasteiger partial charge on any atom is -0.446 e. The van der Waals surface area contributed by atoms with Crippen molar-refractivity contribution in [3.63, 3.8) is 0 Å². The molecule has 0 saturated carbocycles. The summed E-state index contributed by atoms with van der Waals surface area (Å²) in [5.74, 6) is 0.0603. The summed E-state index contributed by atoms with van der Waals surface area (Å²) in [5.41, 5.74) is 9.65. The number of hydrogen-bond acceptors (Lipinski definition) is 6. The number of hydrogen-bond donors (Lipinski definition) is 2. The standard InChI is InChI=1S/C15H20FN3OS.CH3NO/c1-3-8-19(4-2)11-21-14(10-18)20-13-7-5-6-12(9-17)15(13)16;2-1-3/h5-7,10H,3-4,8,11,18H2,1-2H3;1H,(H2,2,3)/b14-10-;. The summed E-state index contributed by atoms with van der Waals surface area (Å²) >= 11 is 1.40. The molecule has 0 saturated heterocycles. The van der Waals surface area contributed by atoms with Gasteiger partial charge in [-0.3, -0.25) is 9.69 Å². The molecule has 0 aromatic heterocycles. The van der Waals surface area contributed by atoms with Crippen LogP contribution in [0.15, 0.2) is 29.5 Å². The zero-order valence-electron chi connectivity index (χ0n) is 13.9. The Bertz CT molecular complexity index is 576. The molecule has 0 radical (unpaired) electrons. The summed E-state index contributed by atoms with van der Waals surface area (Å²) in [4.78, 5) is 10.8. The van der Waals surface area contributed by atoms with Gasteiger partial charge in [0.2, 0.25) is 6.41 Å². The van der Waals surface area contributed by atoms with Crippen molar-refractivity contribution in [3.8, 4) is 11.8 Å². The first-order valence-corrected chi connectivity index (χ1v) is 8.35. The van der Waals surface area contributed by atoms with Crippen LogP contribution in [-0.4, -0.2) is 30.3 Å². The molecule has 1 aromatic rings. The smallest absolute Gasteiger partial charge is 0.204 e. The number of nitriles is 1. The average molecular weight is 354 g/mol. The van der Waals surface area contributed by atoms with E-state index in [0.29, 0.717) is 11.0 Å². The van der Waals surface area contributed by atoms with E-state index in [9.17, 15) is 4.39 Å². The van der Waals surface area contributed by atoms with Crippen LogP contribution in [-0.2, 0) is 4.79 Å². The molecule has 0 aliphatic heterocycles. The number of primary amides is 1. The zero-order valence-corrected chi connectivity index (χ0v) is 14.7. The molecule has 0 heterocycles. The largest absolute Gasteiger partial charge is 0.446 e. The molecule has 1 amide bonds. The second kappa shape index (κ2) is 13.2. The number of nitrogens with zero attached hydrogens (tertiary/aromatic N) is 2. The van der Waals surface area contributed by atoms with Gasteiger partial charge >= 0.3 is 0 Å². The highest BCUT2D eigenvalue weighted by molar-refractivity contribution is 8.02. The summed E-state index contributed by atoms with van der Waals surface area (Å²) in [6, 6.07) is 6.24. The van der Waals surface area contributed by atoms with Crippen LogP contribution in [0.5, 0.6) is 5.75 Å². The van der Waals surface area contributed by atoms with Gasteiger partial charge in [-0.05, 0) is 31.6 Å². The summed E-state index contributed by atoms with van der Waals surface area (Å²) in [5, 5.41) is 9.22. The second-order valence-corrected chi connectivity index (χ2v) is 5.39. The van der Waals surface area contributed by atoms with Gasteiger partial charge in [-0.1, -0.05) is 31.7 Å². The van der Waals surface area contributed by atoms with Crippen molar-refractivity contribution in [2.24, 2.45) is 11.5 Å². The lowest BCUT2D eigenvalue weighted by molar-refractivity contribution is -0.106. The van der Waals surface area contributed by atoms with Gasteiger partial charge in [0, 0.05) is 6.20 Å². The van der Waals surface area contributed by atoms with Crippen LogP contribution >= 0.6 is 11.8 Å². The first-order valence-electron chi connectivity index (χ1n) is 7.36. The van der Waals surface area contributed by atoms with Crippen molar-refractivity contribution < 1.29 is 13.9 Å². The lowest BCUT2D eigenvalue weighted by Crippen LogP contribution is -2.24. The minimum absolute atomic E-state index is 0.0109. The van der Waals surface area contributed by atoms with Crippen LogP contribution in [0.1, 0.15) is 25.8 Å². The molecule has 0 bridgehead atoms. The molecule has 0 atom stereocenters. The van der Waals surface area contributed by atoms with Gasteiger partial charge in [0.25, 0.3) is 0 Å². The van der Waals surface area contributed by atoms with E-state index >= 15 is 0 Å². The van der Waals surface area contributed by atoms with Gasteiger partial charge in [0.05, 0.1) is 11.4 Å². The summed E-state index contributed by atoms with van der Waals surface area (Å²) in [6.45, 7) is 6.11. The predicted molar refractivity (Wildman–Crippen MR) is 94.3 cm³/mol. The Balaban J connectivity index is 0.00000163. The van der Waals surface area contributed by atoms with Crippen molar-refractivity contribution in [2.75, 3.05) is 19.0 Å². The molecule has 1 aromatic carbocycles. The van der Waals surface area contributed by atoms with Gasteiger partial charge < -0.3 is 16.2 Å². The number of halogens is 1. The van der Waals surface area contributed by atoms with E-state index in [1.54, 1.807) is 12.1 Å². The monoisotopic (exact) mass is 354 g/mol. The number of carbonyl (C=O) groups excluding carboxylic acids is 1. The number of nitrogens with two attached hydrogens (primary N) is 2. The number of amides is 1. The lowest BCUT2D eigenvalue weighted by atomic mass is 10.2. The van der Waals surface area contributed by atoms with Gasteiger partial charge in [-0.25, -0.2) is 4.39 Å². The molecule has 0 fully saturated rings. The van der Waals surface area contributed by atoms with E-state index in [1.165, 1.54) is 30.1 Å². The maximum Gasteiger partial charge on any atom is 0.204 e. The van der Waals surface area contributed by atoms with Gasteiger partial charge in [0.15, 0.2) is 16.7 Å². The Morgan fingerprint density at radius 1 is 1.46 bits per heavy atom. The maximum atomic E-state index is 13.9. The average Bonchev–Trinajstić information content (AvgIpc) is 2.59. The predicted octanol–water partition coefficient (Wildman–Crippen LogP) is 2.36. The zero-order chi connectivity index (χ0) is 18.4. The van der Waals surface area contributed by atoms with Crippen LogP contribution in [0.4, 0.5) is 4.39 Å². The van der Waals surface area contributed by atoms with Gasteiger partial charge in [-0.2, -0.15) is 5.26 Å². The molecule has 24 heavy (non-hydrogen) atoms. The topological polar surface area (TPSA) is 105 Å². The maximum absolute atomic E-state index is 13.9. The molecule has 4 N–H and O–H groups in total. The number of rotatable bonds is 8. The molecule has 0 aliphatic carbocycles. The molecule has 0 unspecified atom stereocenters. The summed E-state index contributed by atoms with van der Waals surface area (Å²) < 4.78 is 19.4. The van der Waals surface area contributed by atoms with E-state index < -0.39 is 5.82 Å². The van der Waals surface area contributed by atoms with Crippen LogP contribution in [0.3, 0.4) is 0 Å². The van der Waals surface area contributed by atoms with Crippen molar-refractivity contribution in [2.45, 2.75) is 20.3 Å². The quantitative estimate of drug-likeness (QED) is 0.422. The van der Waals surface area contributed by atoms with E-state index in [1.807, 2.05) is 0 Å². The molecule has 8 heteroatoms. The molecule has 6 nitrogen and oxygen atoms in total. The lowest BCUT2D eigenvalue weighted by Gasteiger charge is -2.19. The SMILES string of the molecule is CCCN(CC)CS/C(=C\N)Oc1cccc(C#N)c1F.NC=O. The summed E-state index contributed by atoms with van der Waals surface area (Å²) in [6.07, 6.45) is 2.62. The van der Waals surface area contributed by atoms with Crippen molar-refractivity contribution in [3.05, 3.63) is 40.9 Å². The number of carbonyl (C=O) groups is 1. The Morgan fingerprint density at radius 3 is 2.62 bits per heavy atom. The summed E-state index contributed by atoms with van der Waals surface area (Å²) in [7, 11) is 0. The third kappa shape index (κ3) is 7.85. The van der Waals surface area contributed by atoms with Crippen LogP contribution < -0.4 is 16.2 Å². The highest BCUT2D eigenvalue weighted by atomic mass is 32.2. The second-order valence-electron chi connectivity index (χ2n) is 4.44.